The van der Waals surface area contributed by atoms with Crippen LogP contribution >= 0.6 is 12.4 Å². The van der Waals surface area contributed by atoms with Gasteiger partial charge in [0, 0.05) is 6.04 Å². The molecular weight excluding hydrogens is 288 g/mol. The number of nitrogens with one attached hydrogen (secondary N) is 1. The Labute approximate surface area is 132 Å². The van der Waals surface area contributed by atoms with E-state index in [-0.39, 0.29) is 24.4 Å². The zero-order chi connectivity index (χ0) is 14.4. The van der Waals surface area contributed by atoms with Gasteiger partial charge in [-0.05, 0) is 44.4 Å². The summed E-state index contributed by atoms with van der Waals surface area (Å²) in [7, 11) is 0. The highest BCUT2D eigenvalue weighted by atomic mass is 35.5. The maximum Gasteiger partial charge on any atom is 0.261 e. The van der Waals surface area contributed by atoms with Crippen LogP contribution in [0.25, 0.3) is 0 Å². The molecule has 3 N–H and O–H groups in total. The van der Waals surface area contributed by atoms with E-state index in [0.717, 1.165) is 19.3 Å². The molecule has 1 aromatic carbocycles. The van der Waals surface area contributed by atoms with Crippen LogP contribution < -0.4 is 15.8 Å². The molecule has 0 radical (unpaired) electrons. The van der Waals surface area contributed by atoms with Crippen molar-refractivity contribution in [2.75, 3.05) is 6.54 Å². The number of hydrogen-bond acceptors (Lipinski definition) is 3. The van der Waals surface area contributed by atoms with Crippen molar-refractivity contribution in [1.82, 2.24) is 5.32 Å². The number of para-hydroxylation sites is 1. The third kappa shape index (κ3) is 5.21. The first-order chi connectivity index (χ1) is 9.70. The molecule has 2 rings (SSSR count). The van der Waals surface area contributed by atoms with Gasteiger partial charge in [0.1, 0.15) is 5.75 Å². The number of carbonyl (C=O) groups is 1. The molecule has 0 bridgehead atoms. The van der Waals surface area contributed by atoms with Crippen molar-refractivity contribution in [3.63, 3.8) is 0 Å². The van der Waals surface area contributed by atoms with Crippen molar-refractivity contribution < 1.29 is 9.53 Å². The average Bonchev–Trinajstić information content (AvgIpc) is 2.48. The van der Waals surface area contributed by atoms with Gasteiger partial charge in [-0.2, -0.15) is 0 Å². The molecule has 0 heterocycles. The minimum atomic E-state index is -0.488. The van der Waals surface area contributed by atoms with Crippen LogP contribution in [-0.4, -0.2) is 24.6 Å². The van der Waals surface area contributed by atoms with E-state index in [1.54, 1.807) is 6.92 Å². The Hall–Kier alpha value is -1.26. The number of nitrogens with two attached hydrogens (primary N) is 1. The maximum atomic E-state index is 12.2. The molecular formula is C16H25ClN2O2. The summed E-state index contributed by atoms with van der Waals surface area (Å²) in [4.78, 5) is 12.2. The van der Waals surface area contributed by atoms with Crippen molar-refractivity contribution in [3.05, 3.63) is 30.3 Å². The number of benzene rings is 1. The fourth-order valence-corrected chi connectivity index (χ4v) is 2.74. The third-order valence-corrected chi connectivity index (χ3v) is 3.96. The van der Waals surface area contributed by atoms with E-state index in [9.17, 15) is 4.79 Å². The molecule has 3 unspecified atom stereocenters. The lowest BCUT2D eigenvalue weighted by Gasteiger charge is -2.32. The number of rotatable bonds is 5. The van der Waals surface area contributed by atoms with Gasteiger partial charge < -0.3 is 15.8 Å². The minimum Gasteiger partial charge on any atom is -0.481 e. The molecule has 0 aliphatic heterocycles. The zero-order valence-corrected chi connectivity index (χ0v) is 13.3. The molecule has 21 heavy (non-hydrogen) atoms. The normalized spacial score (nSPS) is 22.8. The van der Waals surface area contributed by atoms with Gasteiger partial charge in [0.2, 0.25) is 0 Å². The van der Waals surface area contributed by atoms with Crippen LogP contribution in [0.1, 0.15) is 32.6 Å². The largest absolute Gasteiger partial charge is 0.481 e. The molecule has 1 saturated carbocycles. The number of ether oxygens (including phenoxy) is 1. The highest BCUT2D eigenvalue weighted by Gasteiger charge is 2.27. The predicted octanol–water partition coefficient (Wildman–Crippen LogP) is 2.51. The van der Waals surface area contributed by atoms with E-state index in [1.165, 1.54) is 6.42 Å². The summed E-state index contributed by atoms with van der Waals surface area (Å²) in [5.74, 6) is 1.06. The predicted molar refractivity (Wildman–Crippen MR) is 86.7 cm³/mol. The second kappa shape index (κ2) is 8.90. The zero-order valence-electron chi connectivity index (χ0n) is 12.5. The molecule has 118 valence electrons. The van der Waals surface area contributed by atoms with Gasteiger partial charge in [-0.25, -0.2) is 0 Å². The van der Waals surface area contributed by atoms with Gasteiger partial charge in [0.15, 0.2) is 6.10 Å². The second-order valence-corrected chi connectivity index (χ2v) is 5.47. The number of halogens is 1. The van der Waals surface area contributed by atoms with Crippen molar-refractivity contribution in [2.45, 2.75) is 44.8 Å². The lowest BCUT2D eigenvalue weighted by atomic mass is 9.84. The summed E-state index contributed by atoms with van der Waals surface area (Å²) >= 11 is 0. The van der Waals surface area contributed by atoms with Gasteiger partial charge in [-0.1, -0.05) is 31.0 Å². The molecule has 1 aromatic rings. The first kappa shape index (κ1) is 17.8. The molecule has 1 aliphatic rings. The molecule has 0 spiro atoms. The van der Waals surface area contributed by atoms with Crippen molar-refractivity contribution in [3.8, 4) is 5.75 Å². The lowest BCUT2D eigenvalue weighted by Crippen LogP contribution is -2.48. The van der Waals surface area contributed by atoms with Gasteiger partial charge >= 0.3 is 0 Å². The summed E-state index contributed by atoms with van der Waals surface area (Å²) in [6, 6.07) is 9.62. The number of amides is 1. The SMILES string of the molecule is CC(Oc1ccccc1)C(=O)NC1CCCCC1CN.Cl. The highest BCUT2D eigenvalue weighted by molar-refractivity contribution is 5.85. The van der Waals surface area contributed by atoms with Crippen LogP contribution in [0, 0.1) is 5.92 Å². The fourth-order valence-electron chi connectivity index (χ4n) is 2.74. The van der Waals surface area contributed by atoms with Crippen molar-refractivity contribution in [1.29, 1.82) is 0 Å². The molecule has 5 heteroatoms. The van der Waals surface area contributed by atoms with E-state index in [4.69, 9.17) is 10.5 Å². The summed E-state index contributed by atoms with van der Waals surface area (Å²) in [6.07, 6.45) is 4.01. The Morgan fingerprint density at radius 1 is 1.33 bits per heavy atom. The summed E-state index contributed by atoms with van der Waals surface area (Å²) < 4.78 is 5.64. The molecule has 0 saturated heterocycles. The van der Waals surface area contributed by atoms with Crippen molar-refractivity contribution >= 4 is 18.3 Å². The first-order valence-corrected chi connectivity index (χ1v) is 7.43. The van der Waals surface area contributed by atoms with E-state index in [0.29, 0.717) is 18.2 Å². The van der Waals surface area contributed by atoms with Crippen LogP contribution in [-0.2, 0) is 4.79 Å². The lowest BCUT2D eigenvalue weighted by molar-refractivity contribution is -0.128. The van der Waals surface area contributed by atoms with E-state index >= 15 is 0 Å². The molecule has 1 fully saturated rings. The first-order valence-electron chi connectivity index (χ1n) is 7.43. The van der Waals surface area contributed by atoms with E-state index in [2.05, 4.69) is 5.32 Å². The van der Waals surface area contributed by atoms with Gasteiger partial charge in [0.25, 0.3) is 5.91 Å². The Kier molecular flexibility index (Phi) is 7.54. The summed E-state index contributed by atoms with van der Waals surface area (Å²) in [6.45, 7) is 2.42. The Balaban J connectivity index is 0.00000220. The van der Waals surface area contributed by atoms with Crippen LogP contribution in [0.2, 0.25) is 0 Å². The highest BCUT2D eigenvalue weighted by Crippen LogP contribution is 2.23. The standard InChI is InChI=1S/C16H24N2O2.ClH/c1-12(20-14-8-3-2-4-9-14)16(19)18-15-10-6-5-7-13(15)11-17;/h2-4,8-9,12-13,15H,5-7,10-11,17H2,1H3,(H,18,19);1H. The molecule has 1 aliphatic carbocycles. The molecule has 1 amide bonds. The third-order valence-electron chi connectivity index (χ3n) is 3.96. The molecule has 3 atom stereocenters. The summed E-state index contributed by atoms with van der Waals surface area (Å²) in [5.41, 5.74) is 5.79. The van der Waals surface area contributed by atoms with Crippen LogP contribution in [0.5, 0.6) is 5.75 Å². The maximum absolute atomic E-state index is 12.2. The van der Waals surface area contributed by atoms with Crippen molar-refractivity contribution in [2.24, 2.45) is 11.7 Å². The minimum absolute atomic E-state index is 0. The van der Waals surface area contributed by atoms with Crippen LogP contribution in [0.4, 0.5) is 0 Å². The average molecular weight is 313 g/mol. The number of carbonyl (C=O) groups excluding carboxylic acids is 1. The second-order valence-electron chi connectivity index (χ2n) is 5.47. The van der Waals surface area contributed by atoms with E-state index in [1.807, 2.05) is 30.3 Å². The van der Waals surface area contributed by atoms with Crippen LogP contribution in [0.15, 0.2) is 30.3 Å². The Morgan fingerprint density at radius 3 is 2.67 bits per heavy atom. The van der Waals surface area contributed by atoms with Crippen LogP contribution in [0.3, 0.4) is 0 Å². The monoisotopic (exact) mass is 312 g/mol. The van der Waals surface area contributed by atoms with E-state index < -0.39 is 6.10 Å². The Morgan fingerprint density at radius 2 is 2.00 bits per heavy atom. The molecule has 0 aromatic heterocycles. The summed E-state index contributed by atoms with van der Waals surface area (Å²) in [5, 5.41) is 3.10. The fraction of sp³-hybridized carbons (Fsp3) is 0.562. The Bertz CT molecular complexity index is 428. The van der Waals surface area contributed by atoms with Gasteiger partial charge in [-0.15, -0.1) is 12.4 Å². The molecule has 4 nitrogen and oxygen atoms in total. The topological polar surface area (TPSA) is 64.3 Å². The van der Waals surface area contributed by atoms with Gasteiger partial charge in [0.05, 0.1) is 0 Å². The number of hydrogen-bond donors (Lipinski definition) is 2. The quantitative estimate of drug-likeness (QED) is 0.878. The smallest absolute Gasteiger partial charge is 0.261 e. The van der Waals surface area contributed by atoms with Gasteiger partial charge in [-0.3, -0.25) is 4.79 Å².